The van der Waals surface area contributed by atoms with Crippen LogP contribution in [0.25, 0.3) is 0 Å². The van der Waals surface area contributed by atoms with Gasteiger partial charge in [-0.1, -0.05) is 19.3 Å². The maximum Gasteiger partial charge on any atom is 0.258 e. The van der Waals surface area contributed by atoms with E-state index < -0.39 is 16.1 Å². The standard InChI is InChI=1S/C11H19N5O2S/c12-11(13)10(8-4-2-1-3-5-8)16-19(17,18)9-6-14-7-15-9/h6-8,10,16H,1-5H2,(H3,12,13)(H,14,15). The molecule has 0 aromatic carbocycles. The molecule has 1 saturated carbocycles. The van der Waals surface area contributed by atoms with E-state index in [0.29, 0.717) is 0 Å². The Morgan fingerprint density at radius 3 is 2.68 bits per heavy atom. The second kappa shape index (κ2) is 5.70. The highest BCUT2D eigenvalue weighted by Crippen LogP contribution is 2.27. The minimum Gasteiger partial charge on any atom is -0.386 e. The summed E-state index contributed by atoms with van der Waals surface area (Å²) in [6.07, 6.45) is 7.61. The zero-order chi connectivity index (χ0) is 13.9. The van der Waals surface area contributed by atoms with Gasteiger partial charge >= 0.3 is 0 Å². The molecule has 1 fully saturated rings. The number of H-pyrrole nitrogens is 1. The summed E-state index contributed by atoms with van der Waals surface area (Å²) in [4.78, 5) is 6.25. The molecule has 8 heteroatoms. The van der Waals surface area contributed by atoms with Crippen LogP contribution in [0.15, 0.2) is 17.6 Å². The van der Waals surface area contributed by atoms with Crippen molar-refractivity contribution in [2.75, 3.05) is 0 Å². The predicted molar refractivity (Wildman–Crippen MR) is 71.2 cm³/mol. The molecule has 0 radical (unpaired) electrons. The molecule has 1 aliphatic rings. The van der Waals surface area contributed by atoms with Gasteiger partial charge < -0.3 is 10.7 Å². The average Bonchev–Trinajstić information content (AvgIpc) is 2.91. The molecule has 1 atom stereocenters. The van der Waals surface area contributed by atoms with Crippen molar-refractivity contribution in [3.63, 3.8) is 0 Å². The summed E-state index contributed by atoms with van der Waals surface area (Å²) in [7, 11) is -3.70. The Morgan fingerprint density at radius 2 is 2.16 bits per heavy atom. The minimum absolute atomic E-state index is 0.00504. The van der Waals surface area contributed by atoms with Crippen molar-refractivity contribution in [1.82, 2.24) is 14.7 Å². The highest BCUT2D eigenvalue weighted by Gasteiger charge is 2.30. The lowest BCUT2D eigenvalue weighted by molar-refractivity contribution is 0.328. The molecule has 1 aromatic heterocycles. The molecule has 106 valence electrons. The number of hydrogen-bond donors (Lipinski definition) is 4. The fourth-order valence-corrected chi connectivity index (χ4v) is 3.69. The second-order valence-electron chi connectivity index (χ2n) is 4.87. The number of rotatable bonds is 5. The van der Waals surface area contributed by atoms with Crippen LogP contribution >= 0.6 is 0 Å². The van der Waals surface area contributed by atoms with Crippen LogP contribution < -0.4 is 10.5 Å². The maximum absolute atomic E-state index is 12.1. The molecular formula is C11H19N5O2S. The van der Waals surface area contributed by atoms with Gasteiger partial charge in [-0.05, 0) is 18.8 Å². The van der Waals surface area contributed by atoms with Gasteiger partial charge in [-0.3, -0.25) is 5.41 Å². The van der Waals surface area contributed by atoms with E-state index in [0.717, 1.165) is 32.1 Å². The van der Waals surface area contributed by atoms with Gasteiger partial charge in [0.2, 0.25) is 0 Å². The molecule has 19 heavy (non-hydrogen) atoms. The van der Waals surface area contributed by atoms with Crippen molar-refractivity contribution in [3.05, 3.63) is 12.5 Å². The summed E-state index contributed by atoms with van der Waals surface area (Å²) in [6.45, 7) is 0. The van der Waals surface area contributed by atoms with Crippen LogP contribution in [0.5, 0.6) is 0 Å². The van der Waals surface area contributed by atoms with E-state index in [1.165, 1.54) is 12.5 Å². The SMILES string of the molecule is N=C(N)C(NS(=O)(=O)c1cnc[nH]1)C1CCCCC1. The van der Waals surface area contributed by atoms with Crippen LogP contribution in [0, 0.1) is 11.3 Å². The van der Waals surface area contributed by atoms with Gasteiger partial charge in [0.05, 0.1) is 18.6 Å². The van der Waals surface area contributed by atoms with E-state index in [-0.39, 0.29) is 16.8 Å². The Labute approximate surface area is 112 Å². The topological polar surface area (TPSA) is 125 Å². The average molecular weight is 285 g/mol. The van der Waals surface area contributed by atoms with Crippen molar-refractivity contribution < 1.29 is 8.42 Å². The van der Waals surface area contributed by atoms with Crippen LogP contribution in [0.4, 0.5) is 0 Å². The number of nitrogens with zero attached hydrogens (tertiary/aromatic N) is 1. The van der Waals surface area contributed by atoms with Crippen LogP contribution in [0.2, 0.25) is 0 Å². The normalized spacial score (nSPS) is 19.2. The Morgan fingerprint density at radius 1 is 1.47 bits per heavy atom. The second-order valence-corrected chi connectivity index (χ2v) is 6.55. The molecule has 0 saturated heterocycles. The largest absolute Gasteiger partial charge is 0.386 e. The molecule has 1 heterocycles. The summed E-state index contributed by atoms with van der Waals surface area (Å²) in [5.41, 5.74) is 5.56. The molecule has 0 amide bonds. The number of amidine groups is 1. The zero-order valence-electron chi connectivity index (χ0n) is 10.6. The molecule has 1 unspecified atom stereocenters. The number of aromatic amines is 1. The lowest BCUT2D eigenvalue weighted by Gasteiger charge is -2.29. The summed E-state index contributed by atoms with van der Waals surface area (Å²) in [6, 6.07) is -0.631. The number of hydrogen-bond acceptors (Lipinski definition) is 4. The van der Waals surface area contributed by atoms with Crippen LogP contribution in [0.1, 0.15) is 32.1 Å². The molecular weight excluding hydrogens is 266 g/mol. The van der Waals surface area contributed by atoms with Crippen molar-refractivity contribution in [3.8, 4) is 0 Å². The van der Waals surface area contributed by atoms with E-state index in [2.05, 4.69) is 14.7 Å². The fourth-order valence-electron chi connectivity index (χ4n) is 2.50. The Balaban J connectivity index is 2.15. The lowest BCUT2D eigenvalue weighted by Crippen LogP contribution is -2.49. The van der Waals surface area contributed by atoms with E-state index in [1.807, 2.05) is 0 Å². The van der Waals surface area contributed by atoms with Gasteiger partial charge in [0.15, 0.2) is 5.03 Å². The van der Waals surface area contributed by atoms with Crippen molar-refractivity contribution >= 4 is 15.9 Å². The third kappa shape index (κ3) is 3.32. The first-order valence-electron chi connectivity index (χ1n) is 6.35. The summed E-state index contributed by atoms with van der Waals surface area (Å²) in [5, 5.41) is 7.61. The molecule has 0 spiro atoms. The van der Waals surface area contributed by atoms with Crippen molar-refractivity contribution in [2.45, 2.75) is 43.2 Å². The van der Waals surface area contributed by atoms with Crippen LogP contribution in [-0.2, 0) is 10.0 Å². The Kier molecular flexibility index (Phi) is 4.20. The van der Waals surface area contributed by atoms with Crippen LogP contribution in [-0.4, -0.2) is 30.3 Å². The quantitative estimate of drug-likeness (QED) is 0.466. The van der Waals surface area contributed by atoms with E-state index in [4.69, 9.17) is 11.1 Å². The number of nitrogens with two attached hydrogens (primary N) is 1. The van der Waals surface area contributed by atoms with Gasteiger partial charge in [0, 0.05) is 0 Å². The highest BCUT2D eigenvalue weighted by molar-refractivity contribution is 7.89. The highest BCUT2D eigenvalue weighted by atomic mass is 32.2. The number of sulfonamides is 1. The molecule has 1 aromatic rings. The third-order valence-electron chi connectivity index (χ3n) is 3.50. The lowest BCUT2D eigenvalue weighted by atomic mass is 9.84. The first-order chi connectivity index (χ1) is 9.00. The maximum atomic E-state index is 12.1. The molecule has 1 aliphatic carbocycles. The Bertz CT molecular complexity index is 519. The monoisotopic (exact) mass is 285 g/mol. The van der Waals surface area contributed by atoms with E-state index in [1.54, 1.807) is 0 Å². The summed E-state index contributed by atoms with van der Waals surface area (Å²) >= 11 is 0. The first-order valence-corrected chi connectivity index (χ1v) is 7.83. The fraction of sp³-hybridized carbons (Fsp3) is 0.636. The summed E-state index contributed by atoms with van der Waals surface area (Å²) < 4.78 is 26.7. The number of nitrogens with one attached hydrogen (secondary N) is 3. The Hall–Kier alpha value is -1.41. The van der Waals surface area contributed by atoms with Gasteiger partial charge in [-0.15, -0.1) is 0 Å². The van der Waals surface area contributed by atoms with Crippen molar-refractivity contribution in [2.24, 2.45) is 11.7 Å². The van der Waals surface area contributed by atoms with Crippen LogP contribution in [0.3, 0.4) is 0 Å². The van der Waals surface area contributed by atoms with Gasteiger partial charge in [0.1, 0.15) is 5.84 Å². The number of imidazole rings is 1. The first kappa shape index (κ1) is 14.0. The smallest absolute Gasteiger partial charge is 0.258 e. The summed E-state index contributed by atoms with van der Waals surface area (Å²) in [5.74, 6) is -0.0288. The molecule has 0 aliphatic heterocycles. The number of aromatic nitrogens is 2. The molecule has 0 bridgehead atoms. The van der Waals surface area contributed by atoms with Crippen molar-refractivity contribution in [1.29, 1.82) is 5.41 Å². The third-order valence-corrected chi connectivity index (χ3v) is 4.87. The zero-order valence-corrected chi connectivity index (χ0v) is 11.4. The van der Waals surface area contributed by atoms with E-state index in [9.17, 15) is 8.42 Å². The van der Waals surface area contributed by atoms with E-state index >= 15 is 0 Å². The van der Waals surface area contributed by atoms with Gasteiger partial charge in [0.25, 0.3) is 10.0 Å². The molecule has 5 N–H and O–H groups in total. The van der Waals surface area contributed by atoms with Gasteiger partial charge in [-0.2, -0.15) is 4.72 Å². The molecule has 7 nitrogen and oxygen atoms in total. The predicted octanol–water partition coefficient (Wildman–Crippen LogP) is 0.573. The minimum atomic E-state index is -3.70. The molecule has 2 rings (SSSR count). The van der Waals surface area contributed by atoms with Gasteiger partial charge in [-0.25, -0.2) is 13.4 Å².